The van der Waals surface area contributed by atoms with E-state index in [1.807, 2.05) is 10.3 Å². The number of hydrogen-bond donors (Lipinski definition) is 0. The SMILES string of the molecule is Cc1cc(C)c(C)c(OCc2nc(CN(C(=O)c3ccc(Cl)cc3)C3CC3)cs2)c1. The molecule has 0 spiro atoms. The molecule has 1 aromatic heterocycles. The van der Waals surface area contributed by atoms with Crippen LogP contribution < -0.4 is 4.74 Å². The first kappa shape index (κ1) is 20.9. The molecule has 0 unspecified atom stereocenters. The minimum Gasteiger partial charge on any atom is -0.486 e. The van der Waals surface area contributed by atoms with Crippen LogP contribution in [0.15, 0.2) is 41.8 Å². The molecule has 0 aliphatic heterocycles. The molecule has 0 atom stereocenters. The van der Waals surface area contributed by atoms with E-state index in [1.165, 1.54) is 11.1 Å². The summed E-state index contributed by atoms with van der Waals surface area (Å²) in [7, 11) is 0. The van der Waals surface area contributed by atoms with Gasteiger partial charge in [-0.1, -0.05) is 17.7 Å². The van der Waals surface area contributed by atoms with Gasteiger partial charge in [0, 0.05) is 22.0 Å². The number of benzene rings is 2. The Bertz CT molecular complexity index is 1060. The zero-order valence-electron chi connectivity index (χ0n) is 17.4. The Kier molecular flexibility index (Phi) is 6.11. The van der Waals surface area contributed by atoms with Gasteiger partial charge in [0.05, 0.1) is 12.2 Å². The minimum atomic E-state index is 0.0332. The molecule has 1 heterocycles. The number of amides is 1. The fourth-order valence-electron chi connectivity index (χ4n) is 3.46. The third kappa shape index (κ3) is 4.85. The number of carbonyl (C=O) groups excluding carboxylic acids is 1. The van der Waals surface area contributed by atoms with E-state index in [-0.39, 0.29) is 5.91 Å². The third-order valence-corrected chi connectivity index (χ3v) is 6.51. The van der Waals surface area contributed by atoms with Crippen molar-refractivity contribution in [2.24, 2.45) is 0 Å². The number of carbonyl (C=O) groups is 1. The summed E-state index contributed by atoms with van der Waals surface area (Å²) < 4.78 is 6.05. The molecule has 2 aromatic carbocycles. The maximum atomic E-state index is 13.0. The summed E-state index contributed by atoms with van der Waals surface area (Å²) in [6.07, 6.45) is 2.09. The predicted molar refractivity (Wildman–Crippen MR) is 121 cm³/mol. The third-order valence-electron chi connectivity index (χ3n) is 5.39. The highest BCUT2D eigenvalue weighted by molar-refractivity contribution is 7.09. The Hall–Kier alpha value is -2.37. The Balaban J connectivity index is 1.43. The van der Waals surface area contributed by atoms with Crippen molar-refractivity contribution in [3.8, 4) is 5.75 Å². The van der Waals surface area contributed by atoms with Gasteiger partial charge in [-0.2, -0.15) is 0 Å². The molecular weight excluding hydrogens is 416 g/mol. The van der Waals surface area contributed by atoms with Crippen LogP contribution in [0.3, 0.4) is 0 Å². The topological polar surface area (TPSA) is 42.4 Å². The fourth-order valence-corrected chi connectivity index (χ4v) is 4.29. The highest BCUT2D eigenvalue weighted by Crippen LogP contribution is 2.30. The summed E-state index contributed by atoms with van der Waals surface area (Å²) in [6, 6.07) is 11.6. The number of nitrogens with zero attached hydrogens (tertiary/aromatic N) is 2. The second-order valence-electron chi connectivity index (χ2n) is 7.90. The molecule has 3 aromatic rings. The van der Waals surface area contributed by atoms with Crippen molar-refractivity contribution in [2.45, 2.75) is 52.8 Å². The first-order valence-electron chi connectivity index (χ1n) is 10.1. The summed E-state index contributed by atoms with van der Waals surface area (Å²) in [6.45, 7) is 7.20. The van der Waals surface area contributed by atoms with E-state index in [4.69, 9.17) is 21.3 Å². The number of aromatic nitrogens is 1. The van der Waals surface area contributed by atoms with E-state index >= 15 is 0 Å². The number of rotatable bonds is 7. The molecule has 1 saturated carbocycles. The van der Waals surface area contributed by atoms with E-state index in [0.717, 1.165) is 34.9 Å². The van der Waals surface area contributed by atoms with Gasteiger partial charge in [0.2, 0.25) is 0 Å². The van der Waals surface area contributed by atoms with E-state index in [2.05, 4.69) is 32.9 Å². The Morgan fingerprint density at radius 3 is 2.63 bits per heavy atom. The van der Waals surface area contributed by atoms with Crippen molar-refractivity contribution in [1.82, 2.24) is 9.88 Å². The number of hydrogen-bond acceptors (Lipinski definition) is 4. The van der Waals surface area contributed by atoms with E-state index in [0.29, 0.717) is 29.8 Å². The maximum absolute atomic E-state index is 13.0. The summed E-state index contributed by atoms with van der Waals surface area (Å²) >= 11 is 7.53. The lowest BCUT2D eigenvalue weighted by Crippen LogP contribution is -2.32. The predicted octanol–water partition coefficient (Wildman–Crippen LogP) is 6.11. The number of thiazole rings is 1. The molecule has 30 heavy (non-hydrogen) atoms. The molecule has 1 amide bonds. The lowest BCUT2D eigenvalue weighted by atomic mass is 10.1. The second-order valence-corrected chi connectivity index (χ2v) is 9.28. The van der Waals surface area contributed by atoms with Crippen molar-refractivity contribution in [3.05, 3.63) is 79.8 Å². The van der Waals surface area contributed by atoms with Gasteiger partial charge >= 0.3 is 0 Å². The smallest absolute Gasteiger partial charge is 0.254 e. The molecule has 4 nitrogen and oxygen atoms in total. The van der Waals surface area contributed by atoms with Crippen LogP contribution in [0.2, 0.25) is 5.02 Å². The van der Waals surface area contributed by atoms with Crippen LogP contribution in [0.4, 0.5) is 0 Å². The van der Waals surface area contributed by atoms with Crippen LogP contribution in [0, 0.1) is 20.8 Å². The Labute approximate surface area is 186 Å². The largest absolute Gasteiger partial charge is 0.486 e. The van der Waals surface area contributed by atoms with E-state index < -0.39 is 0 Å². The van der Waals surface area contributed by atoms with Crippen LogP contribution in [-0.4, -0.2) is 21.8 Å². The van der Waals surface area contributed by atoms with Gasteiger partial charge in [0.15, 0.2) is 0 Å². The van der Waals surface area contributed by atoms with Gasteiger partial charge in [0.1, 0.15) is 17.4 Å². The van der Waals surface area contributed by atoms with Crippen molar-refractivity contribution >= 4 is 28.8 Å². The van der Waals surface area contributed by atoms with Gasteiger partial charge < -0.3 is 9.64 Å². The van der Waals surface area contributed by atoms with Crippen LogP contribution in [-0.2, 0) is 13.2 Å². The lowest BCUT2D eigenvalue weighted by molar-refractivity contribution is 0.0728. The number of halogens is 1. The summed E-state index contributed by atoms with van der Waals surface area (Å²) in [5.74, 6) is 0.938. The van der Waals surface area contributed by atoms with Crippen LogP contribution in [0.25, 0.3) is 0 Å². The monoisotopic (exact) mass is 440 g/mol. The molecule has 0 N–H and O–H groups in total. The van der Waals surface area contributed by atoms with Gasteiger partial charge in [-0.25, -0.2) is 4.98 Å². The summed E-state index contributed by atoms with van der Waals surface area (Å²) in [5, 5.41) is 3.57. The average Bonchev–Trinajstić information content (AvgIpc) is 3.47. The van der Waals surface area contributed by atoms with Crippen LogP contribution >= 0.6 is 22.9 Å². The quantitative estimate of drug-likeness (QED) is 0.445. The Morgan fingerprint density at radius 2 is 1.93 bits per heavy atom. The van der Waals surface area contributed by atoms with Gasteiger partial charge in [0.25, 0.3) is 5.91 Å². The van der Waals surface area contributed by atoms with Gasteiger partial charge in [-0.3, -0.25) is 4.79 Å². The molecule has 4 rings (SSSR count). The Morgan fingerprint density at radius 1 is 1.20 bits per heavy atom. The molecule has 1 fully saturated rings. The van der Waals surface area contributed by atoms with E-state index in [1.54, 1.807) is 35.6 Å². The first-order valence-corrected chi connectivity index (χ1v) is 11.4. The van der Waals surface area contributed by atoms with Crippen LogP contribution in [0.1, 0.15) is 50.6 Å². The fraction of sp³-hybridized carbons (Fsp3) is 0.333. The zero-order valence-corrected chi connectivity index (χ0v) is 19.0. The molecular formula is C24H25ClN2O2S. The first-order chi connectivity index (χ1) is 14.4. The van der Waals surface area contributed by atoms with Gasteiger partial charge in [-0.15, -0.1) is 11.3 Å². The average molecular weight is 441 g/mol. The molecule has 1 aliphatic carbocycles. The second kappa shape index (κ2) is 8.78. The molecule has 1 aliphatic rings. The van der Waals surface area contributed by atoms with Crippen molar-refractivity contribution in [1.29, 1.82) is 0 Å². The molecule has 0 radical (unpaired) electrons. The lowest BCUT2D eigenvalue weighted by Gasteiger charge is -2.21. The number of aryl methyl sites for hydroxylation is 2. The number of ether oxygens (including phenoxy) is 1. The van der Waals surface area contributed by atoms with Crippen molar-refractivity contribution < 1.29 is 9.53 Å². The summed E-state index contributed by atoms with van der Waals surface area (Å²) in [5.41, 5.74) is 5.14. The van der Waals surface area contributed by atoms with Crippen LogP contribution in [0.5, 0.6) is 5.75 Å². The highest BCUT2D eigenvalue weighted by Gasteiger charge is 2.33. The molecule has 0 saturated heterocycles. The summed E-state index contributed by atoms with van der Waals surface area (Å²) in [4.78, 5) is 19.6. The molecule has 6 heteroatoms. The van der Waals surface area contributed by atoms with Gasteiger partial charge in [-0.05, 0) is 80.6 Å². The molecule has 0 bridgehead atoms. The highest BCUT2D eigenvalue weighted by atomic mass is 35.5. The molecule has 156 valence electrons. The maximum Gasteiger partial charge on any atom is 0.254 e. The minimum absolute atomic E-state index is 0.0332. The standard InChI is InChI=1S/C24H25ClN2O2S/c1-15-10-16(2)17(3)22(11-15)29-13-23-26-20(14-30-23)12-27(21-8-9-21)24(28)18-4-6-19(25)7-5-18/h4-7,10-11,14,21H,8-9,12-13H2,1-3H3. The van der Waals surface area contributed by atoms with E-state index in [9.17, 15) is 4.79 Å². The van der Waals surface area contributed by atoms with Crippen molar-refractivity contribution in [2.75, 3.05) is 0 Å². The normalized spacial score (nSPS) is 13.3. The van der Waals surface area contributed by atoms with Crippen molar-refractivity contribution in [3.63, 3.8) is 0 Å². The zero-order chi connectivity index (χ0) is 21.3.